The monoisotopic (exact) mass is 326 g/mol. The van der Waals surface area contributed by atoms with Crippen LogP contribution in [0.3, 0.4) is 0 Å². The predicted octanol–water partition coefficient (Wildman–Crippen LogP) is 4.26. The zero-order valence-electron chi connectivity index (χ0n) is 14.9. The van der Waals surface area contributed by atoms with Gasteiger partial charge in [0.05, 0.1) is 0 Å². The Balaban J connectivity index is 2.13. The maximum Gasteiger partial charge on any atom is 0.274 e. The van der Waals surface area contributed by atoms with Crippen molar-refractivity contribution in [3.63, 3.8) is 0 Å². The average Bonchev–Trinajstić information content (AvgIpc) is 2.54. The van der Waals surface area contributed by atoms with Crippen LogP contribution >= 0.6 is 0 Å². The molecule has 1 heterocycles. The van der Waals surface area contributed by atoms with E-state index in [-0.39, 0.29) is 5.91 Å². The van der Waals surface area contributed by atoms with Crippen LogP contribution in [0.25, 0.3) is 0 Å². The van der Waals surface area contributed by atoms with Gasteiger partial charge in [-0.05, 0) is 38.3 Å². The molecule has 0 aliphatic heterocycles. The van der Waals surface area contributed by atoms with Gasteiger partial charge in [-0.3, -0.25) is 4.79 Å². The van der Waals surface area contributed by atoms with Crippen LogP contribution < -0.4 is 10.6 Å². The Hall–Kier alpha value is -2.43. The average molecular weight is 326 g/mol. The summed E-state index contributed by atoms with van der Waals surface area (Å²) in [4.78, 5) is 21.2. The van der Waals surface area contributed by atoms with Crippen molar-refractivity contribution >= 4 is 17.4 Å². The molecule has 1 aromatic heterocycles. The molecule has 2 N–H and O–H groups in total. The van der Waals surface area contributed by atoms with Gasteiger partial charge in [0.15, 0.2) is 0 Å². The lowest BCUT2D eigenvalue weighted by Gasteiger charge is -2.12. The molecule has 1 aromatic carbocycles. The van der Waals surface area contributed by atoms with Crippen molar-refractivity contribution < 1.29 is 4.79 Å². The number of rotatable bonds is 7. The first-order valence-electron chi connectivity index (χ1n) is 8.48. The lowest BCUT2D eigenvalue weighted by Crippen LogP contribution is -2.17. The zero-order chi connectivity index (χ0) is 17.5. The Labute approximate surface area is 143 Å². The molecule has 0 radical (unpaired) electrons. The molecule has 128 valence electrons. The lowest BCUT2D eigenvalue weighted by atomic mass is 10.1. The number of nitrogens with one attached hydrogen (secondary N) is 2. The van der Waals surface area contributed by atoms with Gasteiger partial charge in [-0.25, -0.2) is 9.97 Å². The van der Waals surface area contributed by atoms with Crippen LogP contribution in [-0.2, 0) is 0 Å². The predicted molar refractivity (Wildman–Crippen MR) is 98.7 cm³/mol. The molecule has 0 spiro atoms. The van der Waals surface area contributed by atoms with E-state index in [1.807, 2.05) is 32.0 Å². The van der Waals surface area contributed by atoms with Crippen LogP contribution in [0.15, 0.2) is 24.3 Å². The minimum Gasteiger partial charge on any atom is -0.370 e. The third-order valence-electron chi connectivity index (χ3n) is 3.88. The van der Waals surface area contributed by atoms with E-state index in [1.165, 1.54) is 12.8 Å². The summed E-state index contributed by atoms with van der Waals surface area (Å²) < 4.78 is 0. The number of aromatic nitrogens is 2. The van der Waals surface area contributed by atoms with Crippen molar-refractivity contribution in [3.8, 4) is 0 Å². The standard InChI is InChI=1S/C19H26N4O/c1-5-6-7-11-20-17-12-16(21-15(4)22-17)19(24)23-18-13(2)9-8-10-14(18)3/h8-10,12H,5-7,11H2,1-4H3,(H,23,24)(H,20,21,22). The summed E-state index contributed by atoms with van der Waals surface area (Å²) in [5.41, 5.74) is 3.29. The Bertz CT molecular complexity index is 692. The molecule has 2 aromatic rings. The number of nitrogens with zero attached hydrogens (tertiary/aromatic N) is 2. The van der Waals surface area contributed by atoms with E-state index >= 15 is 0 Å². The molecule has 0 saturated heterocycles. The Kier molecular flexibility index (Phi) is 6.29. The van der Waals surface area contributed by atoms with Crippen LogP contribution in [-0.4, -0.2) is 22.4 Å². The molecule has 0 unspecified atom stereocenters. The molecule has 2 rings (SSSR count). The first-order chi connectivity index (χ1) is 11.5. The molecule has 0 aliphatic carbocycles. The second-order valence-electron chi connectivity index (χ2n) is 6.04. The van der Waals surface area contributed by atoms with Crippen LogP contribution in [0.5, 0.6) is 0 Å². The van der Waals surface area contributed by atoms with Crippen LogP contribution in [0, 0.1) is 20.8 Å². The number of unbranched alkanes of at least 4 members (excludes halogenated alkanes) is 2. The molecular formula is C19H26N4O. The molecule has 1 amide bonds. The number of carbonyl (C=O) groups excluding carboxylic acids is 1. The van der Waals surface area contributed by atoms with Crippen LogP contribution in [0.2, 0.25) is 0 Å². The molecule has 0 atom stereocenters. The number of aryl methyl sites for hydroxylation is 3. The Morgan fingerprint density at radius 2 is 1.79 bits per heavy atom. The van der Waals surface area contributed by atoms with E-state index in [1.54, 1.807) is 13.0 Å². The van der Waals surface area contributed by atoms with Crippen LogP contribution in [0.1, 0.15) is 53.6 Å². The molecule has 0 fully saturated rings. The summed E-state index contributed by atoms with van der Waals surface area (Å²) >= 11 is 0. The minimum atomic E-state index is -0.213. The van der Waals surface area contributed by atoms with Gasteiger partial charge >= 0.3 is 0 Å². The highest BCUT2D eigenvalue weighted by atomic mass is 16.1. The maximum atomic E-state index is 12.6. The second-order valence-corrected chi connectivity index (χ2v) is 6.04. The number of hydrogen-bond donors (Lipinski definition) is 2. The highest BCUT2D eigenvalue weighted by Gasteiger charge is 2.13. The fourth-order valence-electron chi connectivity index (χ4n) is 2.56. The van der Waals surface area contributed by atoms with Gasteiger partial charge in [0.1, 0.15) is 17.3 Å². The van der Waals surface area contributed by atoms with Gasteiger partial charge in [-0.2, -0.15) is 0 Å². The van der Waals surface area contributed by atoms with Gasteiger partial charge in [0, 0.05) is 18.3 Å². The highest BCUT2D eigenvalue weighted by molar-refractivity contribution is 6.04. The first kappa shape index (κ1) is 17.9. The first-order valence-corrected chi connectivity index (χ1v) is 8.48. The van der Waals surface area contributed by atoms with Crippen molar-refractivity contribution in [2.24, 2.45) is 0 Å². The largest absolute Gasteiger partial charge is 0.370 e. The van der Waals surface area contributed by atoms with Gasteiger partial charge in [-0.1, -0.05) is 38.0 Å². The summed E-state index contributed by atoms with van der Waals surface area (Å²) in [6.45, 7) is 8.78. The summed E-state index contributed by atoms with van der Waals surface area (Å²) in [6, 6.07) is 7.65. The SMILES string of the molecule is CCCCCNc1cc(C(=O)Nc2c(C)cccc2C)nc(C)n1. The summed E-state index contributed by atoms with van der Waals surface area (Å²) in [5.74, 6) is 1.07. The third-order valence-corrected chi connectivity index (χ3v) is 3.88. The summed E-state index contributed by atoms with van der Waals surface area (Å²) in [6.07, 6.45) is 3.44. The van der Waals surface area contributed by atoms with Gasteiger partial charge in [0.25, 0.3) is 5.91 Å². The quantitative estimate of drug-likeness (QED) is 0.746. The molecule has 5 nitrogen and oxygen atoms in total. The molecular weight excluding hydrogens is 300 g/mol. The van der Waals surface area contributed by atoms with E-state index in [4.69, 9.17) is 0 Å². The number of carbonyl (C=O) groups is 1. The van der Waals surface area contributed by atoms with Crippen molar-refractivity contribution in [2.45, 2.75) is 47.0 Å². The third kappa shape index (κ3) is 4.78. The van der Waals surface area contributed by atoms with Gasteiger partial charge in [-0.15, -0.1) is 0 Å². The fourth-order valence-corrected chi connectivity index (χ4v) is 2.56. The van der Waals surface area contributed by atoms with Crippen molar-refractivity contribution in [2.75, 3.05) is 17.2 Å². The number of para-hydroxylation sites is 1. The molecule has 0 saturated carbocycles. The number of benzene rings is 1. The van der Waals surface area contributed by atoms with Gasteiger partial charge in [0.2, 0.25) is 0 Å². The maximum absolute atomic E-state index is 12.6. The van der Waals surface area contributed by atoms with Crippen LogP contribution in [0.4, 0.5) is 11.5 Å². The molecule has 24 heavy (non-hydrogen) atoms. The van der Waals surface area contributed by atoms with Crippen molar-refractivity contribution in [1.29, 1.82) is 0 Å². The fraction of sp³-hybridized carbons (Fsp3) is 0.421. The Morgan fingerprint density at radius 1 is 1.08 bits per heavy atom. The van der Waals surface area contributed by atoms with Crippen molar-refractivity contribution in [3.05, 3.63) is 46.9 Å². The summed E-state index contributed by atoms with van der Waals surface area (Å²) in [5, 5.41) is 6.24. The van der Waals surface area contributed by atoms with Gasteiger partial charge < -0.3 is 10.6 Å². The van der Waals surface area contributed by atoms with Crippen molar-refractivity contribution in [1.82, 2.24) is 9.97 Å². The van der Waals surface area contributed by atoms with E-state index in [2.05, 4.69) is 27.5 Å². The minimum absolute atomic E-state index is 0.213. The Morgan fingerprint density at radius 3 is 2.46 bits per heavy atom. The van der Waals surface area contributed by atoms with E-state index in [0.29, 0.717) is 17.3 Å². The normalized spacial score (nSPS) is 10.5. The lowest BCUT2D eigenvalue weighted by molar-refractivity contribution is 0.102. The van der Waals surface area contributed by atoms with E-state index < -0.39 is 0 Å². The zero-order valence-corrected chi connectivity index (χ0v) is 14.9. The molecule has 0 bridgehead atoms. The highest BCUT2D eigenvalue weighted by Crippen LogP contribution is 2.20. The second kappa shape index (κ2) is 8.43. The molecule has 0 aliphatic rings. The smallest absolute Gasteiger partial charge is 0.274 e. The number of amides is 1. The summed E-state index contributed by atoms with van der Waals surface area (Å²) in [7, 11) is 0. The van der Waals surface area contributed by atoms with E-state index in [9.17, 15) is 4.79 Å². The number of hydrogen-bond acceptors (Lipinski definition) is 4. The topological polar surface area (TPSA) is 66.9 Å². The molecule has 5 heteroatoms. The van der Waals surface area contributed by atoms with E-state index in [0.717, 1.165) is 29.8 Å². The number of anilines is 2.